The first-order chi connectivity index (χ1) is 32.9. The molecule has 5 aliphatic rings. The Morgan fingerprint density at radius 3 is 2.51 bits per heavy atom. The van der Waals surface area contributed by atoms with E-state index >= 15 is 8.78 Å². The standard InChI is InChI=1S/C53H70F2N6O7Si/c1-33(2)69(34(3)4,35(5)6)22-16-40-43(54)14-13-36-23-38(67-32-63-10)24-41(44(36)40)46-45(55)47-42(26-56-46)48-58-49(57-47)66-31-52-17-11-19-60(52)28-39(25-52)65-21-12-20-64-30-53-18-15-37(27-59(48)29-53)61(53)50(62)68-51(7,8)9/h13-14,23-24,26,33-35,37,39H,11-12,15,17-21,25,27-32H2,1-10H3/t37-,39-,52-,53+/m1/s1. The molecule has 13 nitrogen and oxygen atoms in total. The first-order valence-electron chi connectivity index (χ1n) is 25.0. The van der Waals surface area contributed by atoms with Gasteiger partial charge in [0, 0.05) is 57.1 Å². The van der Waals surface area contributed by atoms with Crippen molar-refractivity contribution in [2.24, 2.45) is 0 Å². The lowest BCUT2D eigenvalue weighted by molar-refractivity contribution is -0.0373. The molecule has 2 spiro atoms. The predicted octanol–water partition coefficient (Wildman–Crippen LogP) is 10.1. The normalized spacial score (nSPS) is 24.4. The van der Waals surface area contributed by atoms with Gasteiger partial charge in [-0.1, -0.05) is 53.5 Å². The zero-order valence-corrected chi connectivity index (χ0v) is 43.2. The molecule has 69 heavy (non-hydrogen) atoms. The van der Waals surface area contributed by atoms with E-state index in [1.807, 2.05) is 25.7 Å². The molecule has 0 aliphatic carbocycles. The number of anilines is 1. The largest absolute Gasteiger partial charge is 0.468 e. The number of aromatic nitrogens is 3. The monoisotopic (exact) mass is 969 g/mol. The van der Waals surface area contributed by atoms with E-state index < -0.39 is 30.8 Å². The minimum absolute atomic E-state index is 0.00444. The van der Waals surface area contributed by atoms with E-state index in [1.54, 1.807) is 24.4 Å². The van der Waals surface area contributed by atoms with E-state index in [1.165, 1.54) is 13.2 Å². The van der Waals surface area contributed by atoms with Crippen molar-refractivity contribution in [3.8, 4) is 34.5 Å². The number of nitrogens with zero attached hydrogens (tertiary/aromatic N) is 6. The van der Waals surface area contributed by atoms with Crippen LogP contribution in [-0.2, 0) is 18.9 Å². The maximum Gasteiger partial charge on any atom is 0.411 e. The van der Waals surface area contributed by atoms with Crippen LogP contribution in [-0.4, -0.2) is 134 Å². The van der Waals surface area contributed by atoms with Gasteiger partial charge in [0.15, 0.2) is 12.6 Å². The van der Waals surface area contributed by atoms with Crippen molar-refractivity contribution in [1.82, 2.24) is 24.8 Å². The first-order valence-corrected chi connectivity index (χ1v) is 27.2. The molecule has 0 N–H and O–H groups in total. The summed E-state index contributed by atoms with van der Waals surface area (Å²) in [6.45, 7) is 22.9. The molecule has 1 amide bonds. The molecule has 0 saturated carbocycles. The highest BCUT2D eigenvalue weighted by atomic mass is 28.3. The zero-order valence-electron chi connectivity index (χ0n) is 42.2. The first kappa shape index (κ1) is 49.3. The van der Waals surface area contributed by atoms with Gasteiger partial charge in [0.25, 0.3) is 0 Å². The van der Waals surface area contributed by atoms with Crippen molar-refractivity contribution in [3.05, 3.63) is 47.7 Å². The van der Waals surface area contributed by atoms with Crippen LogP contribution in [0.25, 0.3) is 32.9 Å². The van der Waals surface area contributed by atoms with Crippen molar-refractivity contribution >= 4 is 41.7 Å². The van der Waals surface area contributed by atoms with Crippen LogP contribution in [0.4, 0.5) is 19.4 Å². The van der Waals surface area contributed by atoms with Crippen LogP contribution in [0, 0.1) is 23.1 Å². The molecular formula is C53H70F2N6O7Si. The lowest BCUT2D eigenvalue weighted by atomic mass is 9.94. The molecule has 372 valence electrons. The van der Waals surface area contributed by atoms with E-state index in [9.17, 15) is 4.79 Å². The number of benzene rings is 2. The molecule has 2 aromatic carbocycles. The highest BCUT2D eigenvalue weighted by molar-refractivity contribution is 6.90. The molecule has 9 rings (SSSR count). The Morgan fingerprint density at radius 2 is 1.77 bits per heavy atom. The minimum Gasteiger partial charge on any atom is -0.468 e. The van der Waals surface area contributed by atoms with Gasteiger partial charge in [-0.25, -0.2) is 13.6 Å². The Labute approximate surface area is 406 Å². The number of amides is 1. The van der Waals surface area contributed by atoms with Gasteiger partial charge in [0.05, 0.1) is 40.8 Å². The summed E-state index contributed by atoms with van der Waals surface area (Å²) in [6, 6.07) is 6.34. The Balaban J connectivity index is 1.23. The smallest absolute Gasteiger partial charge is 0.411 e. The van der Waals surface area contributed by atoms with Gasteiger partial charge < -0.3 is 33.3 Å². The summed E-state index contributed by atoms with van der Waals surface area (Å²) in [5.74, 6) is 2.98. The SMILES string of the molecule is COCOc1cc(-c2ncc3c4nc(nc3c2F)OC[C@]23CCCN2C[C@@H](C3)OCCCOC[C@]23CC[C@H](CN4C2)N3C(=O)OC(C)(C)C)c2c(C#C[Si](C(C)C)(C(C)C)C(C)C)c(F)ccc2c1. The summed E-state index contributed by atoms with van der Waals surface area (Å²) in [7, 11) is -0.807. The fourth-order valence-electron chi connectivity index (χ4n) is 12.6. The highest BCUT2D eigenvalue weighted by Gasteiger charge is 2.56. The molecule has 0 radical (unpaired) electrons. The van der Waals surface area contributed by atoms with Gasteiger partial charge in [-0.15, -0.1) is 5.54 Å². The Kier molecular flexibility index (Phi) is 13.7. The number of hydrogen-bond acceptors (Lipinski definition) is 12. The third-order valence-corrected chi connectivity index (χ3v) is 21.9. The van der Waals surface area contributed by atoms with E-state index in [0.29, 0.717) is 95.7 Å². The van der Waals surface area contributed by atoms with Gasteiger partial charge in [-0.05, 0) is 106 Å². The highest BCUT2D eigenvalue weighted by Crippen LogP contribution is 2.46. The molecule has 4 fully saturated rings. The lowest BCUT2D eigenvalue weighted by Crippen LogP contribution is -2.66. The predicted molar refractivity (Wildman–Crippen MR) is 265 cm³/mol. The number of carbonyl (C=O) groups is 1. The average molecular weight is 969 g/mol. The molecule has 16 heteroatoms. The second-order valence-corrected chi connectivity index (χ2v) is 27.6. The zero-order chi connectivity index (χ0) is 49.0. The van der Waals surface area contributed by atoms with Crippen molar-refractivity contribution in [2.75, 3.05) is 71.4 Å². The second kappa shape index (κ2) is 19.2. The van der Waals surface area contributed by atoms with Crippen molar-refractivity contribution in [3.63, 3.8) is 0 Å². The molecule has 4 saturated heterocycles. The minimum atomic E-state index is -2.33. The molecule has 2 aromatic heterocycles. The van der Waals surface area contributed by atoms with Crippen molar-refractivity contribution in [1.29, 1.82) is 0 Å². The van der Waals surface area contributed by atoms with Crippen LogP contribution in [0.2, 0.25) is 16.6 Å². The molecule has 4 atom stereocenters. The van der Waals surface area contributed by atoms with Crippen LogP contribution < -0.4 is 14.4 Å². The quantitative estimate of drug-likeness (QED) is 0.0996. The van der Waals surface area contributed by atoms with Gasteiger partial charge in [0.1, 0.15) is 48.9 Å². The number of methoxy groups -OCH3 is 1. The second-order valence-electron chi connectivity index (χ2n) is 22.0. The van der Waals surface area contributed by atoms with Crippen molar-refractivity contribution in [2.45, 2.75) is 146 Å². The number of hydrogen-bond donors (Lipinski definition) is 0. The number of rotatable bonds is 7. The number of carbonyl (C=O) groups excluding carboxylic acids is 1. The van der Waals surface area contributed by atoms with Crippen LogP contribution in [0.3, 0.4) is 0 Å². The molecule has 4 aromatic rings. The number of ether oxygens (including phenoxy) is 6. The van der Waals surface area contributed by atoms with E-state index in [4.69, 9.17) is 43.4 Å². The molecule has 7 heterocycles. The Morgan fingerprint density at radius 1 is 0.986 bits per heavy atom. The topological polar surface area (TPSA) is 121 Å². The number of piperazine rings is 1. The summed E-state index contributed by atoms with van der Waals surface area (Å²) in [6.07, 6.45) is 6.12. The third kappa shape index (κ3) is 9.15. The number of fused-ring (bicyclic) bond motifs is 9. The van der Waals surface area contributed by atoms with Crippen molar-refractivity contribution < 1.29 is 42.0 Å². The summed E-state index contributed by atoms with van der Waals surface area (Å²) in [5.41, 5.74) is 3.32. The fraction of sp³-hybridized carbons (Fsp3) is 0.623. The number of pyridine rings is 1. The van der Waals surface area contributed by atoms with Gasteiger partial charge in [-0.2, -0.15) is 9.97 Å². The summed E-state index contributed by atoms with van der Waals surface area (Å²) >= 11 is 0. The third-order valence-electron chi connectivity index (χ3n) is 15.6. The van der Waals surface area contributed by atoms with Crippen LogP contribution in [0.1, 0.15) is 106 Å². The molecule has 7 bridgehead atoms. The molecular weight excluding hydrogens is 899 g/mol. The fourth-order valence-corrected chi connectivity index (χ4v) is 17.8. The maximum absolute atomic E-state index is 18.2. The van der Waals surface area contributed by atoms with E-state index in [2.05, 4.69) is 62.8 Å². The maximum atomic E-state index is 18.2. The van der Waals surface area contributed by atoms with Gasteiger partial charge in [-0.3, -0.25) is 14.8 Å². The van der Waals surface area contributed by atoms with Gasteiger partial charge >= 0.3 is 12.1 Å². The van der Waals surface area contributed by atoms with E-state index in [-0.39, 0.29) is 60.0 Å². The Hall–Kier alpha value is -4.66. The van der Waals surface area contributed by atoms with E-state index in [0.717, 1.165) is 38.8 Å². The lowest BCUT2D eigenvalue weighted by Gasteiger charge is -2.49. The number of halogens is 2. The van der Waals surface area contributed by atoms with Gasteiger partial charge in [0.2, 0.25) is 0 Å². The summed E-state index contributed by atoms with van der Waals surface area (Å²) in [4.78, 5) is 35.4. The summed E-state index contributed by atoms with van der Waals surface area (Å²) < 4.78 is 71.6. The van der Waals surface area contributed by atoms with Crippen LogP contribution in [0.5, 0.6) is 11.8 Å². The Bertz CT molecular complexity index is 2630. The van der Waals surface area contributed by atoms with Crippen LogP contribution in [0.15, 0.2) is 30.5 Å². The molecule has 0 unspecified atom stereocenters. The van der Waals surface area contributed by atoms with Crippen LogP contribution >= 0.6 is 0 Å². The summed E-state index contributed by atoms with van der Waals surface area (Å²) in [5, 5.41) is 1.41. The average Bonchev–Trinajstić information content (AvgIpc) is 3.91. The molecule has 5 aliphatic heterocycles.